The van der Waals surface area contributed by atoms with Gasteiger partial charge in [-0.25, -0.2) is 0 Å². The van der Waals surface area contributed by atoms with E-state index in [1.807, 2.05) is 7.11 Å². The third-order valence-corrected chi connectivity index (χ3v) is 4.23. The number of nitrogens with one attached hydrogen (secondary N) is 1. The van der Waals surface area contributed by atoms with Crippen molar-refractivity contribution in [1.82, 2.24) is 10.2 Å². The molecule has 0 aromatic rings. The standard InChI is InChI=1S/C15H32N2O/c1-5-9-16-12-15(3,6-2)13-17-10-7-8-14(11-17)18-4/h14,16H,5-13H2,1-4H3. The Morgan fingerprint density at radius 3 is 2.78 bits per heavy atom. The highest BCUT2D eigenvalue weighted by Crippen LogP contribution is 2.24. The zero-order valence-electron chi connectivity index (χ0n) is 12.8. The number of hydrogen-bond acceptors (Lipinski definition) is 3. The van der Waals surface area contributed by atoms with Crippen LogP contribution in [0.3, 0.4) is 0 Å². The van der Waals surface area contributed by atoms with Crippen molar-refractivity contribution in [2.75, 3.05) is 39.8 Å². The van der Waals surface area contributed by atoms with E-state index in [1.54, 1.807) is 0 Å². The molecule has 1 saturated heterocycles. The summed E-state index contributed by atoms with van der Waals surface area (Å²) in [5, 5.41) is 3.58. The summed E-state index contributed by atoms with van der Waals surface area (Å²) in [6, 6.07) is 0. The Labute approximate surface area is 113 Å². The van der Waals surface area contributed by atoms with Crippen LogP contribution in [0.4, 0.5) is 0 Å². The number of piperidine rings is 1. The maximum absolute atomic E-state index is 5.51. The molecule has 1 aliphatic rings. The van der Waals surface area contributed by atoms with E-state index >= 15 is 0 Å². The van der Waals surface area contributed by atoms with Crippen LogP contribution in [0.5, 0.6) is 0 Å². The molecule has 1 rings (SSSR count). The van der Waals surface area contributed by atoms with Crippen molar-refractivity contribution in [3.8, 4) is 0 Å². The van der Waals surface area contributed by atoms with Gasteiger partial charge in [0, 0.05) is 26.7 Å². The van der Waals surface area contributed by atoms with Gasteiger partial charge in [-0.2, -0.15) is 0 Å². The van der Waals surface area contributed by atoms with E-state index in [1.165, 1.54) is 38.8 Å². The van der Waals surface area contributed by atoms with Crippen LogP contribution >= 0.6 is 0 Å². The molecule has 0 amide bonds. The summed E-state index contributed by atoms with van der Waals surface area (Å²) in [6.07, 6.45) is 5.40. The van der Waals surface area contributed by atoms with Gasteiger partial charge in [-0.3, -0.25) is 0 Å². The van der Waals surface area contributed by atoms with Crippen LogP contribution in [0.1, 0.15) is 46.5 Å². The second kappa shape index (κ2) is 8.13. The van der Waals surface area contributed by atoms with E-state index in [2.05, 4.69) is 31.0 Å². The van der Waals surface area contributed by atoms with Crippen LogP contribution in [0.25, 0.3) is 0 Å². The van der Waals surface area contributed by atoms with Gasteiger partial charge in [0.2, 0.25) is 0 Å². The Hall–Kier alpha value is -0.120. The van der Waals surface area contributed by atoms with E-state index in [9.17, 15) is 0 Å². The second-order valence-corrected chi connectivity index (χ2v) is 6.08. The average Bonchev–Trinajstić information content (AvgIpc) is 2.39. The van der Waals surface area contributed by atoms with Crippen LogP contribution in [0, 0.1) is 5.41 Å². The van der Waals surface area contributed by atoms with E-state index in [0.29, 0.717) is 11.5 Å². The molecule has 108 valence electrons. The molecule has 0 spiro atoms. The lowest BCUT2D eigenvalue weighted by molar-refractivity contribution is 0.0156. The van der Waals surface area contributed by atoms with Crippen molar-refractivity contribution in [2.24, 2.45) is 5.41 Å². The third-order valence-electron chi connectivity index (χ3n) is 4.23. The normalized spacial score (nSPS) is 25.0. The van der Waals surface area contributed by atoms with Crippen molar-refractivity contribution in [2.45, 2.75) is 52.6 Å². The van der Waals surface area contributed by atoms with Gasteiger partial charge in [-0.1, -0.05) is 20.8 Å². The quantitative estimate of drug-likeness (QED) is 0.675. The minimum Gasteiger partial charge on any atom is -0.380 e. The Morgan fingerprint density at radius 1 is 1.39 bits per heavy atom. The number of ether oxygens (including phenoxy) is 1. The van der Waals surface area contributed by atoms with Gasteiger partial charge in [-0.15, -0.1) is 0 Å². The van der Waals surface area contributed by atoms with Crippen molar-refractivity contribution in [3.05, 3.63) is 0 Å². The monoisotopic (exact) mass is 256 g/mol. The molecule has 0 radical (unpaired) electrons. The summed E-state index contributed by atoms with van der Waals surface area (Å²) in [6.45, 7) is 12.8. The van der Waals surface area contributed by atoms with Gasteiger partial charge in [-0.05, 0) is 44.2 Å². The summed E-state index contributed by atoms with van der Waals surface area (Å²) >= 11 is 0. The summed E-state index contributed by atoms with van der Waals surface area (Å²) < 4.78 is 5.51. The van der Waals surface area contributed by atoms with Gasteiger partial charge < -0.3 is 15.0 Å². The minimum absolute atomic E-state index is 0.394. The van der Waals surface area contributed by atoms with Crippen LogP contribution in [-0.2, 0) is 4.74 Å². The average molecular weight is 256 g/mol. The summed E-state index contributed by atoms with van der Waals surface area (Å²) in [5.41, 5.74) is 0.394. The van der Waals surface area contributed by atoms with Crippen LogP contribution in [-0.4, -0.2) is 50.8 Å². The van der Waals surface area contributed by atoms with Crippen molar-refractivity contribution in [3.63, 3.8) is 0 Å². The van der Waals surface area contributed by atoms with Crippen LogP contribution in [0.15, 0.2) is 0 Å². The first-order valence-electron chi connectivity index (χ1n) is 7.59. The molecule has 1 N–H and O–H groups in total. The SMILES string of the molecule is CCCNCC(C)(CC)CN1CCCC(OC)C1. The van der Waals surface area contributed by atoms with Gasteiger partial charge >= 0.3 is 0 Å². The lowest BCUT2D eigenvalue weighted by atomic mass is 9.86. The summed E-state index contributed by atoms with van der Waals surface area (Å²) in [5.74, 6) is 0. The largest absolute Gasteiger partial charge is 0.380 e. The van der Waals surface area contributed by atoms with Crippen molar-refractivity contribution in [1.29, 1.82) is 0 Å². The Morgan fingerprint density at radius 2 is 2.17 bits per heavy atom. The molecule has 0 aliphatic carbocycles. The van der Waals surface area contributed by atoms with Crippen LogP contribution in [0.2, 0.25) is 0 Å². The number of methoxy groups -OCH3 is 1. The Balaban J connectivity index is 2.40. The fourth-order valence-corrected chi connectivity index (χ4v) is 2.75. The van der Waals surface area contributed by atoms with Gasteiger partial charge in [0.05, 0.1) is 6.10 Å². The fourth-order valence-electron chi connectivity index (χ4n) is 2.75. The predicted molar refractivity (Wildman–Crippen MR) is 78.0 cm³/mol. The first-order chi connectivity index (χ1) is 8.63. The lowest BCUT2D eigenvalue weighted by Gasteiger charge is -2.39. The minimum atomic E-state index is 0.394. The van der Waals surface area contributed by atoms with E-state index in [-0.39, 0.29) is 0 Å². The van der Waals surface area contributed by atoms with E-state index < -0.39 is 0 Å². The molecular weight excluding hydrogens is 224 g/mol. The lowest BCUT2D eigenvalue weighted by Crippen LogP contribution is -2.47. The highest BCUT2D eigenvalue weighted by molar-refractivity contribution is 4.83. The number of hydrogen-bond donors (Lipinski definition) is 1. The van der Waals surface area contributed by atoms with Gasteiger partial charge in [0.15, 0.2) is 0 Å². The molecule has 1 fully saturated rings. The van der Waals surface area contributed by atoms with Crippen molar-refractivity contribution < 1.29 is 4.74 Å². The third kappa shape index (κ3) is 5.25. The molecule has 2 unspecified atom stereocenters. The van der Waals surface area contributed by atoms with Crippen molar-refractivity contribution >= 4 is 0 Å². The zero-order valence-corrected chi connectivity index (χ0v) is 12.8. The van der Waals surface area contributed by atoms with E-state index in [4.69, 9.17) is 4.74 Å². The number of rotatable bonds is 8. The maximum Gasteiger partial charge on any atom is 0.0698 e. The first kappa shape index (κ1) is 15.9. The smallest absolute Gasteiger partial charge is 0.0698 e. The molecule has 3 heteroatoms. The highest BCUT2D eigenvalue weighted by Gasteiger charge is 2.28. The Kier molecular flexibility index (Phi) is 7.20. The molecule has 18 heavy (non-hydrogen) atoms. The zero-order chi connectivity index (χ0) is 13.4. The molecule has 0 saturated carbocycles. The topological polar surface area (TPSA) is 24.5 Å². The van der Waals surface area contributed by atoms with Gasteiger partial charge in [0.1, 0.15) is 0 Å². The second-order valence-electron chi connectivity index (χ2n) is 6.08. The molecule has 2 atom stereocenters. The predicted octanol–water partition coefficient (Wildman–Crippen LogP) is 2.51. The summed E-state index contributed by atoms with van der Waals surface area (Å²) in [7, 11) is 1.84. The first-order valence-corrected chi connectivity index (χ1v) is 7.59. The Bertz CT molecular complexity index is 223. The molecule has 1 heterocycles. The maximum atomic E-state index is 5.51. The molecule has 0 bridgehead atoms. The molecule has 1 aliphatic heterocycles. The molecular formula is C15H32N2O. The number of likely N-dealkylation sites (tertiary alicyclic amines) is 1. The fraction of sp³-hybridized carbons (Fsp3) is 1.00. The number of nitrogens with zero attached hydrogens (tertiary/aromatic N) is 1. The summed E-state index contributed by atoms with van der Waals surface area (Å²) in [4.78, 5) is 2.59. The van der Waals surface area contributed by atoms with Gasteiger partial charge in [0.25, 0.3) is 0 Å². The molecule has 3 nitrogen and oxygen atoms in total. The van der Waals surface area contributed by atoms with E-state index in [0.717, 1.165) is 19.6 Å². The molecule has 0 aromatic heterocycles. The molecule has 0 aromatic carbocycles. The van der Waals surface area contributed by atoms with Crippen LogP contribution < -0.4 is 5.32 Å². The highest BCUT2D eigenvalue weighted by atomic mass is 16.5.